The number of hydrogen-bond donors (Lipinski definition) is 1. The molecule has 1 N–H and O–H groups in total. The van der Waals surface area contributed by atoms with Crippen LogP contribution in [0.3, 0.4) is 0 Å². The van der Waals surface area contributed by atoms with Gasteiger partial charge in [-0.1, -0.05) is 26.0 Å². The van der Waals surface area contributed by atoms with E-state index in [1.165, 1.54) is 11.3 Å². The highest BCUT2D eigenvalue weighted by Crippen LogP contribution is 2.24. The first-order valence-electron chi connectivity index (χ1n) is 6.92. The molecule has 6 heteroatoms. The molecule has 3 rings (SSSR count). The van der Waals surface area contributed by atoms with Crippen molar-refractivity contribution < 1.29 is 8.42 Å². The number of benzene rings is 2. The van der Waals surface area contributed by atoms with Crippen molar-refractivity contribution in [1.29, 1.82) is 0 Å². The van der Waals surface area contributed by atoms with Crippen LogP contribution in [0, 0.1) is 0 Å². The smallest absolute Gasteiger partial charge is 0.261 e. The van der Waals surface area contributed by atoms with E-state index in [0.29, 0.717) is 11.6 Å². The van der Waals surface area contributed by atoms with E-state index in [1.807, 2.05) is 18.2 Å². The van der Waals surface area contributed by atoms with Crippen LogP contribution in [0.1, 0.15) is 25.3 Å². The summed E-state index contributed by atoms with van der Waals surface area (Å²) in [7, 11) is -3.57. The van der Waals surface area contributed by atoms with Crippen LogP contribution in [0.5, 0.6) is 0 Å². The SMILES string of the molecule is CC(C)c1ccc(S(=O)(=O)Nc2ccc3ncsc3c2)cc1. The molecule has 0 radical (unpaired) electrons. The molecule has 1 heterocycles. The molecule has 0 saturated carbocycles. The van der Waals surface area contributed by atoms with Crippen molar-refractivity contribution in [1.82, 2.24) is 4.98 Å². The molecule has 0 saturated heterocycles. The van der Waals surface area contributed by atoms with E-state index in [0.717, 1.165) is 15.8 Å². The molecule has 0 aliphatic heterocycles. The van der Waals surface area contributed by atoms with Gasteiger partial charge in [0.05, 0.1) is 26.3 Å². The third-order valence-electron chi connectivity index (χ3n) is 3.44. The maximum atomic E-state index is 12.4. The molecule has 0 fully saturated rings. The summed E-state index contributed by atoms with van der Waals surface area (Å²) < 4.78 is 28.4. The first-order valence-corrected chi connectivity index (χ1v) is 9.28. The van der Waals surface area contributed by atoms with Crippen LogP contribution in [0.2, 0.25) is 0 Å². The number of hydrogen-bond acceptors (Lipinski definition) is 4. The van der Waals surface area contributed by atoms with E-state index >= 15 is 0 Å². The largest absolute Gasteiger partial charge is 0.280 e. The molecule has 0 spiro atoms. The van der Waals surface area contributed by atoms with Gasteiger partial charge < -0.3 is 0 Å². The molecule has 4 nitrogen and oxygen atoms in total. The van der Waals surface area contributed by atoms with Crippen molar-refractivity contribution >= 4 is 37.3 Å². The molecule has 22 heavy (non-hydrogen) atoms. The predicted octanol–water partition coefficient (Wildman–Crippen LogP) is 4.22. The van der Waals surface area contributed by atoms with Crippen molar-refractivity contribution in [3.8, 4) is 0 Å². The highest BCUT2D eigenvalue weighted by molar-refractivity contribution is 7.92. The van der Waals surface area contributed by atoms with Gasteiger partial charge in [0.25, 0.3) is 10.0 Å². The summed E-state index contributed by atoms with van der Waals surface area (Å²) in [6.45, 7) is 4.15. The van der Waals surface area contributed by atoms with E-state index in [4.69, 9.17) is 0 Å². The number of thiazole rings is 1. The summed E-state index contributed by atoms with van der Waals surface area (Å²) in [6, 6.07) is 12.3. The second-order valence-electron chi connectivity index (χ2n) is 5.36. The van der Waals surface area contributed by atoms with Gasteiger partial charge in [0, 0.05) is 0 Å². The minimum Gasteiger partial charge on any atom is -0.280 e. The van der Waals surface area contributed by atoms with E-state index in [2.05, 4.69) is 23.6 Å². The highest BCUT2D eigenvalue weighted by atomic mass is 32.2. The molecule has 0 amide bonds. The minimum atomic E-state index is -3.57. The molecule has 0 unspecified atom stereocenters. The van der Waals surface area contributed by atoms with Crippen LogP contribution < -0.4 is 4.72 Å². The summed E-state index contributed by atoms with van der Waals surface area (Å²) in [4.78, 5) is 4.45. The van der Waals surface area contributed by atoms with Crippen LogP contribution in [-0.4, -0.2) is 13.4 Å². The zero-order chi connectivity index (χ0) is 15.7. The molecular formula is C16H16N2O2S2. The van der Waals surface area contributed by atoms with Gasteiger partial charge in [0.15, 0.2) is 0 Å². The van der Waals surface area contributed by atoms with Crippen molar-refractivity contribution in [2.24, 2.45) is 0 Å². The monoisotopic (exact) mass is 332 g/mol. The second kappa shape index (κ2) is 5.70. The third-order valence-corrected chi connectivity index (χ3v) is 5.63. The second-order valence-corrected chi connectivity index (χ2v) is 7.93. The zero-order valence-corrected chi connectivity index (χ0v) is 13.9. The van der Waals surface area contributed by atoms with Gasteiger partial charge in [-0.25, -0.2) is 13.4 Å². The lowest BCUT2D eigenvalue weighted by molar-refractivity contribution is 0.601. The Morgan fingerprint density at radius 1 is 1.09 bits per heavy atom. The Labute approximate surface area is 133 Å². The van der Waals surface area contributed by atoms with Crippen LogP contribution >= 0.6 is 11.3 Å². The van der Waals surface area contributed by atoms with E-state index in [-0.39, 0.29) is 4.90 Å². The number of aromatic nitrogens is 1. The summed E-state index contributed by atoms with van der Waals surface area (Å²) >= 11 is 1.48. The first kappa shape index (κ1) is 15.0. The van der Waals surface area contributed by atoms with Gasteiger partial charge in [-0.05, 0) is 41.8 Å². The van der Waals surface area contributed by atoms with Crippen molar-refractivity contribution in [2.75, 3.05) is 4.72 Å². The lowest BCUT2D eigenvalue weighted by Crippen LogP contribution is -2.12. The predicted molar refractivity (Wildman–Crippen MR) is 91.0 cm³/mol. The van der Waals surface area contributed by atoms with Gasteiger partial charge >= 0.3 is 0 Å². The fourth-order valence-corrected chi connectivity index (χ4v) is 3.93. The van der Waals surface area contributed by atoms with Crippen molar-refractivity contribution in [2.45, 2.75) is 24.7 Å². The van der Waals surface area contributed by atoms with E-state index < -0.39 is 10.0 Å². The number of fused-ring (bicyclic) bond motifs is 1. The number of nitrogens with one attached hydrogen (secondary N) is 1. The molecule has 0 atom stereocenters. The normalized spacial score (nSPS) is 12.0. The number of sulfonamides is 1. The molecule has 114 valence electrons. The van der Waals surface area contributed by atoms with Gasteiger partial charge in [-0.3, -0.25) is 4.72 Å². The van der Waals surface area contributed by atoms with Gasteiger partial charge in [-0.2, -0.15) is 0 Å². The molecule has 0 aliphatic carbocycles. The Hall–Kier alpha value is -1.92. The van der Waals surface area contributed by atoms with E-state index in [1.54, 1.807) is 29.8 Å². The molecular weight excluding hydrogens is 316 g/mol. The Bertz CT molecular complexity index is 897. The van der Waals surface area contributed by atoms with Crippen molar-refractivity contribution in [3.63, 3.8) is 0 Å². The molecule has 0 bridgehead atoms. The van der Waals surface area contributed by atoms with E-state index in [9.17, 15) is 8.42 Å². The van der Waals surface area contributed by atoms with Gasteiger partial charge in [0.1, 0.15) is 0 Å². The maximum absolute atomic E-state index is 12.4. The zero-order valence-electron chi connectivity index (χ0n) is 12.3. The minimum absolute atomic E-state index is 0.265. The van der Waals surface area contributed by atoms with Crippen LogP contribution in [0.25, 0.3) is 10.2 Å². The molecule has 1 aromatic heterocycles. The molecule has 3 aromatic rings. The highest BCUT2D eigenvalue weighted by Gasteiger charge is 2.15. The fraction of sp³-hybridized carbons (Fsp3) is 0.188. The lowest BCUT2D eigenvalue weighted by atomic mass is 10.0. The Morgan fingerprint density at radius 3 is 2.50 bits per heavy atom. The number of rotatable bonds is 4. The molecule has 2 aromatic carbocycles. The fourth-order valence-electron chi connectivity index (χ4n) is 2.16. The van der Waals surface area contributed by atoms with Gasteiger partial charge in [0.2, 0.25) is 0 Å². The topological polar surface area (TPSA) is 59.1 Å². The first-order chi connectivity index (χ1) is 10.5. The Balaban J connectivity index is 1.88. The van der Waals surface area contributed by atoms with Crippen LogP contribution in [0.4, 0.5) is 5.69 Å². The number of anilines is 1. The number of nitrogens with zero attached hydrogens (tertiary/aromatic N) is 1. The Morgan fingerprint density at radius 2 is 1.82 bits per heavy atom. The van der Waals surface area contributed by atoms with Gasteiger partial charge in [-0.15, -0.1) is 11.3 Å². The van der Waals surface area contributed by atoms with Crippen LogP contribution in [0.15, 0.2) is 52.9 Å². The average molecular weight is 332 g/mol. The Kier molecular flexibility index (Phi) is 3.88. The average Bonchev–Trinajstić information content (AvgIpc) is 2.94. The quantitative estimate of drug-likeness (QED) is 0.778. The maximum Gasteiger partial charge on any atom is 0.261 e. The third kappa shape index (κ3) is 2.98. The van der Waals surface area contributed by atoms with Crippen LogP contribution in [-0.2, 0) is 10.0 Å². The van der Waals surface area contributed by atoms with Crippen molar-refractivity contribution in [3.05, 3.63) is 53.5 Å². The summed E-state index contributed by atoms with van der Waals surface area (Å²) in [6.07, 6.45) is 0. The molecule has 0 aliphatic rings. The summed E-state index contributed by atoms with van der Waals surface area (Å²) in [5, 5.41) is 0. The summed E-state index contributed by atoms with van der Waals surface area (Å²) in [5.41, 5.74) is 4.28. The lowest BCUT2D eigenvalue weighted by Gasteiger charge is -2.10. The summed E-state index contributed by atoms with van der Waals surface area (Å²) in [5.74, 6) is 0.374. The standard InChI is InChI=1S/C16H16N2O2S2/c1-11(2)12-3-6-14(7-4-12)22(19,20)18-13-5-8-15-16(9-13)21-10-17-15/h3-11,18H,1-2H3.